The highest BCUT2D eigenvalue weighted by atomic mass is 32.2. The van der Waals surface area contributed by atoms with Gasteiger partial charge in [-0.25, -0.2) is 4.98 Å². The van der Waals surface area contributed by atoms with E-state index in [2.05, 4.69) is 32.5 Å². The molecule has 0 saturated carbocycles. The Morgan fingerprint density at radius 2 is 2.06 bits per heavy atom. The molecule has 1 aliphatic rings. The van der Waals surface area contributed by atoms with Gasteiger partial charge in [-0.3, -0.25) is 4.98 Å². The number of likely N-dealkylation sites (tertiary alicyclic amines) is 1. The van der Waals surface area contributed by atoms with Crippen LogP contribution in [-0.2, 0) is 4.84 Å². The quantitative estimate of drug-likeness (QED) is 0.283. The van der Waals surface area contributed by atoms with Gasteiger partial charge in [-0.15, -0.1) is 11.8 Å². The fraction of sp³-hybridized carbons (Fsp3) is 0.481. The normalized spacial score (nSPS) is 19.6. The van der Waals surface area contributed by atoms with Crippen LogP contribution in [0.1, 0.15) is 30.9 Å². The van der Waals surface area contributed by atoms with Gasteiger partial charge in [0.15, 0.2) is 0 Å². The molecule has 1 aliphatic heterocycles. The van der Waals surface area contributed by atoms with Gasteiger partial charge in [0.05, 0.1) is 30.8 Å². The second-order valence-electron chi connectivity index (χ2n) is 9.04. The molecule has 1 aromatic carbocycles. The summed E-state index contributed by atoms with van der Waals surface area (Å²) in [6, 6.07) is 14.1. The molecule has 3 aromatic rings. The number of aromatic nitrogens is 2. The molecule has 2 aromatic heterocycles. The molecule has 0 amide bonds. The molecule has 0 unspecified atom stereocenters. The molecule has 0 aliphatic carbocycles. The first-order valence-corrected chi connectivity index (χ1v) is 13.3. The van der Waals surface area contributed by atoms with E-state index in [-0.39, 0.29) is 12.6 Å². The van der Waals surface area contributed by atoms with E-state index in [1.54, 1.807) is 26.0 Å². The lowest BCUT2D eigenvalue weighted by atomic mass is 9.81. The SMILES string of the molecule is CON[C@@H](CC[C@@H]1CCN(CCSc2ccccn2)C[C@@H]1CO)c1ccnc2ccc(OC)cc12. The minimum atomic E-state index is 0.0322. The summed E-state index contributed by atoms with van der Waals surface area (Å²) in [6.07, 6.45) is 6.74. The first kappa shape index (κ1) is 25.9. The van der Waals surface area contributed by atoms with Crippen molar-refractivity contribution in [1.82, 2.24) is 20.3 Å². The first-order chi connectivity index (χ1) is 17.2. The molecule has 0 spiro atoms. The number of ether oxygens (including phenoxy) is 1. The number of nitrogens with one attached hydrogen (secondary N) is 1. The zero-order valence-corrected chi connectivity index (χ0v) is 21.4. The van der Waals surface area contributed by atoms with Crippen molar-refractivity contribution in [2.45, 2.75) is 30.3 Å². The summed E-state index contributed by atoms with van der Waals surface area (Å²) in [5.41, 5.74) is 5.30. The van der Waals surface area contributed by atoms with Crippen LogP contribution < -0.4 is 10.2 Å². The van der Waals surface area contributed by atoms with Crippen molar-refractivity contribution < 1.29 is 14.7 Å². The molecule has 3 heterocycles. The molecule has 3 atom stereocenters. The summed E-state index contributed by atoms with van der Waals surface area (Å²) in [6.45, 7) is 3.26. The Labute approximate surface area is 212 Å². The third-order valence-electron chi connectivity index (χ3n) is 6.95. The summed E-state index contributed by atoms with van der Waals surface area (Å²) < 4.78 is 5.45. The van der Waals surface area contributed by atoms with Crippen LogP contribution in [-0.4, -0.2) is 66.2 Å². The number of benzene rings is 1. The van der Waals surface area contributed by atoms with Crippen LogP contribution in [0.15, 0.2) is 59.9 Å². The minimum absolute atomic E-state index is 0.0322. The second kappa shape index (κ2) is 13.2. The smallest absolute Gasteiger partial charge is 0.119 e. The molecule has 35 heavy (non-hydrogen) atoms. The number of pyridine rings is 2. The molecule has 1 saturated heterocycles. The van der Waals surface area contributed by atoms with E-state index in [1.807, 2.05) is 42.7 Å². The van der Waals surface area contributed by atoms with E-state index >= 15 is 0 Å². The van der Waals surface area contributed by atoms with Crippen molar-refractivity contribution in [3.05, 3.63) is 60.4 Å². The maximum Gasteiger partial charge on any atom is 0.119 e. The summed E-state index contributed by atoms with van der Waals surface area (Å²) >= 11 is 1.79. The van der Waals surface area contributed by atoms with Crippen LogP contribution in [0.2, 0.25) is 0 Å². The second-order valence-corrected chi connectivity index (χ2v) is 10.2. The number of thioether (sulfide) groups is 1. The number of aliphatic hydroxyl groups is 1. The summed E-state index contributed by atoms with van der Waals surface area (Å²) in [5.74, 6) is 2.61. The minimum Gasteiger partial charge on any atom is -0.497 e. The van der Waals surface area contributed by atoms with Gasteiger partial charge in [0.2, 0.25) is 0 Å². The van der Waals surface area contributed by atoms with Gasteiger partial charge in [-0.2, -0.15) is 5.48 Å². The first-order valence-electron chi connectivity index (χ1n) is 12.3. The highest BCUT2D eigenvalue weighted by Gasteiger charge is 2.29. The van der Waals surface area contributed by atoms with Gasteiger partial charge in [-0.05, 0) is 79.6 Å². The van der Waals surface area contributed by atoms with Crippen molar-refractivity contribution in [3.63, 3.8) is 0 Å². The van der Waals surface area contributed by atoms with E-state index in [9.17, 15) is 5.11 Å². The van der Waals surface area contributed by atoms with Crippen LogP contribution in [0.3, 0.4) is 0 Å². The van der Waals surface area contributed by atoms with Crippen molar-refractivity contribution in [3.8, 4) is 5.75 Å². The average molecular weight is 497 g/mol. The maximum atomic E-state index is 10.2. The molecule has 0 bridgehead atoms. The Morgan fingerprint density at radius 1 is 1.14 bits per heavy atom. The molecular formula is C27H36N4O3S. The summed E-state index contributed by atoms with van der Waals surface area (Å²) in [7, 11) is 3.34. The van der Waals surface area contributed by atoms with E-state index in [4.69, 9.17) is 9.57 Å². The van der Waals surface area contributed by atoms with Gasteiger partial charge in [0.1, 0.15) is 5.75 Å². The fourth-order valence-electron chi connectivity index (χ4n) is 5.04. The Bertz CT molecular complexity index is 1060. The topological polar surface area (TPSA) is 79.7 Å². The van der Waals surface area contributed by atoms with E-state index in [1.165, 1.54) is 0 Å². The maximum absolute atomic E-state index is 10.2. The summed E-state index contributed by atoms with van der Waals surface area (Å²) in [5, 5.41) is 12.3. The van der Waals surface area contributed by atoms with Gasteiger partial charge >= 0.3 is 0 Å². The molecular weight excluding hydrogens is 460 g/mol. The molecule has 188 valence electrons. The number of hydrogen-bond acceptors (Lipinski definition) is 8. The number of piperidine rings is 1. The lowest BCUT2D eigenvalue weighted by Gasteiger charge is -2.38. The Kier molecular flexibility index (Phi) is 9.74. The zero-order valence-electron chi connectivity index (χ0n) is 20.6. The van der Waals surface area contributed by atoms with Gasteiger partial charge in [0, 0.05) is 43.2 Å². The van der Waals surface area contributed by atoms with Crippen LogP contribution >= 0.6 is 11.8 Å². The van der Waals surface area contributed by atoms with E-state index in [0.717, 1.165) is 71.9 Å². The van der Waals surface area contributed by atoms with Crippen molar-refractivity contribution in [2.75, 3.05) is 46.2 Å². The molecule has 8 heteroatoms. The van der Waals surface area contributed by atoms with Crippen molar-refractivity contribution in [2.24, 2.45) is 11.8 Å². The number of nitrogens with zero attached hydrogens (tertiary/aromatic N) is 3. The van der Waals surface area contributed by atoms with Gasteiger partial charge in [-0.1, -0.05) is 6.07 Å². The fourth-order valence-corrected chi connectivity index (χ4v) is 5.90. The van der Waals surface area contributed by atoms with Crippen LogP contribution in [0.5, 0.6) is 5.75 Å². The Hall–Kier alpha value is -2.23. The molecule has 7 nitrogen and oxygen atoms in total. The number of hydrogen-bond donors (Lipinski definition) is 2. The predicted octanol–water partition coefficient (Wildman–Crippen LogP) is 4.33. The predicted molar refractivity (Wildman–Crippen MR) is 140 cm³/mol. The van der Waals surface area contributed by atoms with E-state index < -0.39 is 0 Å². The lowest BCUT2D eigenvalue weighted by Crippen LogP contribution is -2.43. The summed E-state index contributed by atoms with van der Waals surface area (Å²) in [4.78, 5) is 16.8. The largest absolute Gasteiger partial charge is 0.497 e. The number of hydroxylamine groups is 1. The standard InChI is InChI=1S/C27H36N4O3S/c1-33-22-7-9-25-24(17-22)23(10-13-28-25)26(30-34-2)8-6-20-11-14-31(18-21(20)19-32)15-16-35-27-5-3-4-12-29-27/h3-5,7,9-10,12-13,17,20-21,26,30,32H,6,8,11,14-16,18-19H2,1-2H3/t20-,21-,26+/m1/s1. The highest BCUT2D eigenvalue weighted by molar-refractivity contribution is 7.99. The zero-order chi connectivity index (χ0) is 24.5. The highest BCUT2D eigenvalue weighted by Crippen LogP contribution is 2.33. The van der Waals surface area contributed by atoms with Gasteiger partial charge in [0.25, 0.3) is 0 Å². The average Bonchev–Trinajstić information content (AvgIpc) is 2.91. The lowest BCUT2D eigenvalue weighted by molar-refractivity contribution is 0.0434. The van der Waals surface area contributed by atoms with Gasteiger partial charge < -0.3 is 19.6 Å². The Balaban J connectivity index is 1.35. The monoisotopic (exact) mass is 496 g/mol. The van der Waals surface area contributed by atoms with Crippen LogP contribution in [0, 0.1) is 11.8 Å². The third kappa shape index (κ3) is 6.92. The van der Waals surface area contributed by atoms with Crippen molar-refractivity contribution in [1.29, 1.82) is 0 Å². The van der Waals surface area contributed by atoms with E-state index in [0.29, 0.717) is 11.8 Å². The number of aliphatic hydroxyl groups excluding tert-OH is 1. The van der Waals surface area contributed by atoms with Crippen molar-refractivity contribution >= 4 is 22.7 Å². The number of rotatable bonds is 12. The molecule has 2 N–H and O–H groups in total. The third-order valence-corrected chi connectivity index (χ3v) is 7.87. The number of fused-ring (bicyclic) bond motifs is 1. The van der Waals surface area contributed by atoms with Crippen LogP contribution in [0.25, 0.3) is 10.9 Å². The molecule has 0 radical (unpaired) electrons. The van der Waals surface area contributed by atoms with Crippen LogP contribution in [0.4, 0.5) is 0 Å². The molecule has 1 fully saturated rings. The molecule has 4 rings (SSSR count). The number of methoxy groups -OCH3 is 1. The Morgan fingerprint density at radius 3 is 2.83 bits per heavy atom.